The van der Waals surface area contributed by atoms with E-state index in [0.29, 0.717) is 6.42 Å². The van der Waals surface area contributed by atoms with Crippen molar-refractivity contribution in [1.29, 1.82) is 0 Å². The van der Waals surface area contributed by atoms with Gasteiger partial charge in [-0.15, -0.1) is 0 Å². The fourth-order valence-electron chi connectivity index (χ4n) is 5.44. The first-order chi connectivity index (χ1) is 26.0. The van der Waals surface area contributed by atoms with Gasteiger partial charge >= 0.3 is 11.9 Å². The highest BCUT2D eigenvalue weighted by molar-refractivity contribution is 5.69. The zero-order valence-corrected chi connectivity index (χ0v) is 31.4. The second kappa shape index (κ2) is 27.7. The molecule has 2 aliphatic heterocycles. The molecule has 0 spiro atoms. The maximum Gasteiger partial charge on any atom is 0.306 e. The number of hydrogen-bond acceptors (Lipinski definition) is 15. The minimum absolute atomic E-state index is 0.118. The molecule has 2 saturated heterocycles. The maximum atomic E-state index is 12.6. The van der Waals surface area contributed by atoms with Gasteiger partial charge in [0.25, 0.3) is 0 Å². The van der Waals surface area contributed by atoms with Gasteiger partial charge < -0.3 is 64.2 Å². The van der Waals surface area contributed by atoms with E-state index in [-0.39, 0.29) is 13.0 Å². The molecule has 15 nitrogen and oxygen atoms in total. The highest BCUT2D eigenvalue weighted by atomic mass is 16.7. The summed E-state index contributed by atoms with van der Waals surface area (Å²) < 4.78 is 32.3. The number of aliphatic hydroxyl groups is 7. The van der Waals surface area contributed by atoms with Gasteiger partial charge in [-0.1, -0.05) is 74.1 Å². The molecule has 0 aliphatic carbocycles. The van der Waals surface area contributed by atoms with Crippen molar-refractivity contribution in [2.45, 2.75) is 146 Å². The molecule has 2 fully saturated rings. The van der Waals surface area contributed by atoms with Gasteiger partial charge in [-0.2, -0.15) is 0 Å². The number of carbonyl (C=O) groups is 2. The Hall–Kier alpha value is -2.80. The topological polar surface area (TPSA) is 231 Å². The van der Waals surface area contributed by atoms with Gasteiger partial charge in [-0.05, 0) is 51.4 Å². The summed E-state index contributed by atoms with van der Waals surface area (Å²) in [7, 11) is 0. The Labute approximate surface area is 318 Å². The summed E-state index contributed by atoms with van der Waals surface area (Å²) >= 11 is 0. The highest BCUT2D eigenvalue weighted by Crippen LogP contribution is 2.26. The number of hydrogen-bond donors (Lipinski definition) is 7. The summed E-state index contributed by atoms with van der Waals surface area (Å²) in [6, 6.07) is 0. The number of esters is 2. The van der Waals surface area contributed by atoms with Crippen LogP contribution in [0.4, 0.5) is 0 Å². The third kappa shape index (κ3) is 18.2. The number of aliphatic hydroxyl groups excluding tert-OH is 7. The van der Waals surface area contributed by atoms with E-state index in [4.69, 9.17) is 28.4 Å². The van der Waals surface area contributed by atoms with Crippen molar-refractivity contribution in [2.75, 3.05) is 26.4 Å². The van der Waals surface area contributed by atoms with Crippen molar-refractivity contribution < 1.29 is 73.8 Å². The molecule has 0 aromatic heterocycles. The van der Waals surface area contributed by atoms with Crippen molar-refractivity contribution in [3.63, 3.8) is 0 Å². The third-order valence-electron chi connectivity index (χ3n) is 8.57. The van der Waals surface area contributed by atoms with Crippen LogP contribution in [0.2, 0.25) is 0 Å². The predicted molar refractivity (Wildman–Crippen MR) is 196 cm³/mol. The molecule has 2 aliphatic rings. The molecule has 0 radical (unpaired) electrons. The average Bonchev–Trinajstić information content (AvgIpc) is 3.15. The lowest BCUT2D eigenvalue weighted by Crippen LogP contribution is -2.61. The van der Waals surface area contributed by atoms with E-state index in [1.807, 2.05) is 0 Å². The molecule has 0 aromatic carbocycles. The lowest BCUT2D eigenvalue weighted by Gasteiger charge is -2.42. The SMILES string of the molecule is CC/C=C\C/C=C\C/C=C\C/C=C\C/C=C\CCCCCC(=O)OC(COC(C)=O)COC1OC(COC2OC(CO)C(O)C(O)C2O)C(O)C(O)C1O. The van der Waals surface area contributed by atoms with Crippen LogP contribution < -0.4 is 0 Å². The molecule has 7 N–H and O–H groups in total. The lowest BCUT2D eigenvalue weighted by molar-refractivity contribution is -0.332. The van der Waals surface area contributed by atoms with Crippen LogP contribution >= 0.6 is 0 Å². The summed E-state index contributed by atoms with van der Waals surface area (Å²) in [4.78, 5) is 24.0. The van der Waals surface area contributed by atoms with Crippen molar-refractivity contribution in [3.05, 3.63) is 60.8 Å². The number of carbonyl (C=O) groups excluding carboxylic acids is 2. The Morgan fingerprint density at radius 1 is 0.630 bits per heavy atom. The van der Waals surface area contributed by atoms with Gasteiger partial charge in [-0.25, -0.2) is 0 Å². The molecular formula is C39H62O15. The molecule has 308 valence electrons. The van der Waals surface area contributed by atoms with E-state index in [2.05, 4.69) is 67.7 Å². The Morgan fingerprint density at radius 3 is 1.70 bits per heavy atom. The number of ether oxygens (including phenoxy) is 6. The molecule has 2 heterocycles. The molecule has 15 heteroatoms. The van der Waals surface area contributed by atoms with Crippen LogP contribution in [-0.2, 0) is 38.0 Å². The van der Waals surface area contributed by atoms with Crippen molar-refractivity contribution in [3.8, 4) is 0 Å². The Bertz CT molecular complexity index is 1180. The van der Waals surface area contributed by atoms with Gasteiger partial charge in [0.1, 0.15) is 55.4 Å². The van der Waals surface area contributed by atoms with E-state index >= 15 is 0 Å². The normalized spacial score (nSPS) is 29.9. The van der Waals surface area contributed by atoms with Crippen LogP contribution in [0.25, 0.3) is 0 Å². The Kier molecular flexibility index (Phi) is 24.3. The van der Waals surface area contributed by atoms with E-state index in [1.165, 1.54) is 6.92 Å². The van der Waals surface area contributed by atoms with Crippen LogP contribution in [0.15, 0.2) is 60.8 Å². The maximum absolute atomic E-state index is 12.6. The molecule has 11 unspecified atom stereocenters. The van der Waals surface area contributed by atoms with E-state index in [0.717, 1.165) is 51.4 Å². The average molecular weight is 771 g/mol. The fraction of sp³-hybridized carbons (Fsp3) is 0.692. The molecule has 54 heavy (non-hydrogen) atoms. The first-order valence-corrected chi connectivity index (χ1v) is 18.8. The van der Waals surface area contributed by atoms with Crippen LogP contribution in [0, 0.1) is 0 Å². The molecule has 0 amide bonds. The van der Waals surface area contributed by atoms with Crippen LogP contribution in [0.1, 0.15) is 78.1 Å². The lowest BCUT2D eigenvalue weighted by atomic mass is 9.98. The van der Waals surface area contributed by atoms with Crippen molar-refractivity contribution >= 4 is 11.9 Å². The van der Waals surface area contributed by atoms with Gasteiger partial charge in [0, 0.05) is 13.3 Å². The summed E-state index contributed by atoms with van der Waals surface area (Å²) in [6.07, 6.45) is 12.5. The van der Waals surface area contributed by atoms with Gasteiger partial charge in [0.15, 0.2) is 18.7 Å². The van der Waals surface area contributed by atoms with Crippen LogP contribution in [-0.4, -0.2) is 142 Å². The molecular weight excluding hydrogens is 708 g/mol. The monoisotopic (exact) mass is 770 g/mol. The second-order valence-electron chi connectivity index (χ2n) is 13.1. The standard InChI is InChI=1S/C39H62O15/c1-3-4-5-6-7-8-9-10-11-12-13-14-15-16-17-18-19-20-21-22-31(42)52-28(24-49-27(2)41)25-50-38-37(48)35(46)33(44)30(54-38)26-51-39-36(47)34(45)32(43)29(23-40)53-39/h4-5,7-8,10-11,13-14,16-17,28-30,32-40,43-48H,3,6,9,12,15,18-26H2,1-2H3/b5-4-,8-7-,11-10-,14-13-,17-16-. The Morgan fingerprint density at radius 2 is 1.15 bits per heavy atom. The van der Waals surface area contributed by atoms with E-state index in [1.54, 1.807) is 0 Å². The zero-order chi connectivity index (χ0) is 39.7. The third-order valence-corrected chi connectivity index (χ3v) is 8.57. The quantitative estimate of drug-likeness (QED) is 0.0399. The van der Waals surface area contributed by atoms with Crippen LogP contribution in [0.3, 0.4) is 0 Å². The summed E-state index contributed by atoms with van der Waals surface area (Å²) in [5.74, 6) is -1.17. The highest BCUT2D eigenvalue weighted by Gasteiger charge is 2.47. The minimum Gasteiger partial charge on any atom is -0.462 e. The van der Waals surface area contributed by atoms with Gasteiger partial charge in [0.2, 0.25) is 0 Å². The molecule has 0 saturated carbocycles. The number of allylic oxidation sites excluding steroid dienone is 10. The fourth-order valence-corrected chi connectivity index (χ4v) is 5.44. The number of unbranched alkanes of at least 4 members (excludes halogenated alkanes) is 3. The summed E-state index contributed by atoms with van der Waals surface area (Å²) in [5.41, 5.74) is 0. The predicted octanol–water partition coefficient (Wildman–Crippen LogP) is 1.80. The first-order valence-electron chi connectivity index (χ1n) is 18.8. The minimum atomic E-state index is -1.77. The van der Waals surface area contributed by atoms with Crippen molar-refractivity contribution in [1.82, 2.24) is 0 Å². The van der Waals surface area contributed by atoms with E-state index in [9.17, 15) is 45.3 Å². The van der Waals surface area contributed by atoms with Crippen molar-refractivity contribution in [2.24, 2.45) is 0 Å². The molecule has 11 atom stereocenters. The summed E-state index contributed by atoms with van der Waals surface area (Å²) in [5, 5.41) is 70.9. The number of rotatable bonds is 25. The first kappa shape index (κ1) is 47.4. The van der Waals surface area contributed by atoms with Gasteiger partial charge in [-0.3, -0.25) is 9.59 Å². The molecule has 0 bridgehead atoms. The summed E-state index contributed by atoms with van der Waals surface area (Å²) in [6.45, 7) is 1.33. The largest absolute Gasteiger partial charge is 0.462 e. The smallest absolute Gasteiger partial charge is 0.306 e. The van der Waals surface area contributed by atoms with E-state index < -0.39 is 99.3 Å². The zero-order valence-electron chi connectivity index (χ0n) is 31.4. The Balaban J connectivity index is 1.72. The molecule has 2 rings (SSSR count). The van der Waals surface area contributed by atoms with Gasteiger partial charge in [0.05, 0.1) is 19.8 Å². The van der Waals surface area contributed by atoms with Crippen LogP contribution in [0.5, 0.6) is 0 Å². The molecule has 0 aromatic rings. The second-order valence-corrected chi connectivity index (χ2v) is 13.1.